The maximum absolute atomic E-state index is 13.1. The van der Waals surface area contributed by atoms with Gasteiger partial charge in [0.05, 0.1) is 10.9 Å². The highest BCUT2D eigenvalue weighted by Crippen LogP contribution is 2.23. The van der Waals surface area contributed by atoms with Crippen molar-refractivity contribution in [2.75, 3.05) is 26.2 Å². The van der Waals surface area contributed by atoms with Gasteiger partial charge in [0.15, 0.2) is 0 Å². The molecule has 10 nitrogen and oxygen atoms in total. The summed E-state index contributed by atoms with van der Waals surface area (Å²) in [5, 5.41) is 3.88. The lowest BCUT2D eigenvalue weighted by Crippen LogP contribution is -2.55. The summed E-state index contributed by atoms with van der Waals surface area (Å²) in [5.41, 5.74) is 0.493. The van der Waals surface area contributed by atoms with Crippen LogP contribution in [0.25, 0.3) is 6.08 Å². The SMILES string of the molecule is O=C(NC[C@H]1CCCN1C(=O)CN1CCC[C@H](NS(=O)(=O)C=Cc2ccc(Cl)s2)C1=O)c1ccncc1. The minimum atomic E-state index is -3.87. The van der Waals surface area contributed by atoms with Gasteiger partial charge in [-0.25, -0.2) is 8.42 Å². The van der Waals surface area contributed by atoms with Crippen molar-refractivity contribution in [1.29, 1.82) is 0 Å². The zero-order valence-corrected chi connectivity index (χ0v) is 22.4. The fraction of sp³-hybridized carbons (Fsp3) is 0.417. The number of rotatable bonds is 9. The van der Waals surface area contributed by atoms with Gasteiger partial charge in [0.25, 0.3) is 5.91 Å². The topological polar surface area (TPSA) is 129 Å². The summed E-state index contributed by atoms with van der Waals surface area (Å²) in [6.45, 7) is 1.11. The Labute approximate surface area is 224 Å². The first-order valence-electron chi connectivity index (χ1n) is 11.9. The fourth-order valence-corrected chi connectivity index (χ4v) is 6.53. The van der Waals surface area contributed by atoms with Gasteiger partial charge in [0.2, 0.25) is 21.8 Å². The monoisotopic (exact) mass is 565 g/mol. The van der Waals surface area contributed by atoms with E-state index in [1.54, 1.807) is 41.6 Å². The fourth-order valence-electron chi connectivity index (χ4n) is 4.46. The molecule has 0 spiro atoms. The highest BCUT2D eigenvalue weighted by molar-refractivity contribution is 7.92. The first-order valence-corrected chi connectivity index (χ1v) is 14.7. The largest absolute Gasteiger partial charge is 0.350 e. The molecule has 0 aliphatic carbocycles. The van der Waals surface area contributed by atoms with E-state index in [9.17, 15) is 22.8 Å². The van der Waals surface area contributed by atoms with Crippen LogP contribution in [0.4, 0.5) is 0 Å². The van der Waals surface area contributed by atoms with Gasteiger partial charge >= 0.3 is 0 Å². The van der Waals surface area contributed by atoms with E-state index in [-0.39, 0.29) is 24.4 Å². The number of nitrogens with one attached hydrogen (secondary N) is 2. The Bertz CT molecular complexity index is 1270. The minimum absolute atomic E-state index is 0.130. The highest BCUT2D eigenvalue weighted by atomic mass is 35.5. The lowest BCUT2D eigenvalue weighted by Gasteiger charge is -2.34. The van der Waals surface area contributed by atoms with Gasteiger partial charge in [-0.2, -0.15) is 4.72 Å². The maximum Gasteiger partial charge on any atom is 0.251 e. The number of nitrogens with zero attached hydrogens (tertiary/aromatic N) is 3. The molecule has 4 rings (SSSR count). The summed E-state index contributed by atoms with van der Waals surface area (Å²) in [4.78, 5) is 46.1. The molecular weight excluding hydrogens is 538 g/mol. The van der Waals surface area contributed by atoms with E-state index in [0.717, 1.165) is 18.2 Å². The molecule has 0 saturated carbocycles. The summed E-state index contributed by atoms with van der Waals surface area (Å²) >= 11 is 7.11. The number of pyridine rings is 1. The second-order valence-electron chi connectivity index (χ2n) is 8.89. The van der Waals surface area contributed by atoms with Gasteiger partial charge in [-0.15, -0.1) is 11.3 Å². The van der Waals surface area contributed by atoms with Crippen LogP contribution in [0.2, 0.25) is 4.34 Å². The van der Waals surface area contributed by atoms with Crippen molar-refractivity contribution in [3.05, 3.63) is 56.8 Å². The van der Waals surface area contributed by atoms with Crippen LogP contribution in [0.1, 0.15) is 40.9 Å². The molecule has 0 radical (unpaired) electrons. The highest BCUT2D eigenvalue weighted by Gasteiger charge is 2.35. The lowest BCUT2D eigenvalue weighted by atomic mass is 10.1. The molecule has 2 saturated heterocycles. The number of hydrogen-bond acceptors (Lipinski definition) is 7. The van der Waals surface area contributed by atoms with Crippen LogP contribution < -0.4 is 10.0 Å². The summed E-state index contributed by atoms with van der Waals surface area (Å²) in [6, 6.07) is 5.51. The van der Waals surface area contributed by atoms with Crippen molar-refractivity contribution in [3.8, 4) is 0 Å². The number of sulfonamides is 1. The molecule has 2 atom stereocenters. The van der Waals surface area contributed by atoms with E-state index in [4.69, 9.17) is 11.6 Å². The quantitative estimate of drug-likeness (QED) is 0.479. The predicted octanol–water partition coefficient (Wildman–Crippen LogP) is 2.10. The molecule has 198 valence electrons. The van der Waals surface area contributed by atoms with Gasteiger partial charge < -0.3 is 15.1 Å². The Balaban J connectivity index is 1.31. The zero-order chi connectivity index (χ0) is 26.4. The van der Waals surface area contributed by atoms with Crippen molar-refractivity contribution in [2.45, 2.75) is 37.8 Å². The van der Waals surface area contributed by atoms with Gasteiger partial charge in [-0.05, 0) is 56.0 Å². The summed E-state index contributed by atoms with van der Waals surface area (Å²) in [5.74, 6) is -0.872. The number of amides is 3. The van der Waals surface area contributed by atoms with Crippen molar-refractivity contribution < 1.29 is 22.8 Å². The number of aromatic nitrogens is 1. The van der Waals surface area contributed by atoms with Gasteiger partial charge in [-0.1, -0.05) is 11.6 Å². The molecule has 13 heteroatoms. The summed E-state index contributed by atoms with van der Waals surface area (Å²) in [7, 11) is -3.87. The van der Waals surface area contributed by atoms with Crippen molar-refractivity contribution in [3.63, 3.8) is 0 Å². The Morgan fingerprint density at radius 3 is 2.62 bits per heavy atom. The Morgan fingerprint density at radius 2 is 1.89 bits per heavy atom. The van der Waals surface area contributed by atoms with Crippen molar-refractivity contribution >= 4 is 56.8 Å². The molecule has 2 aromatic heterocycles. The third-order valence-corrected chi connectivity index (χ3v) is 8.61. The molecule has 3 amide bonds. The average molecular weight is 566 g/mol. The molecule has 2 aliphatic heterocycles. The molecular formula is C24H28ClN5O5S2. The average Bonchev–Trinajstić information content (AvgIpc) is 3.53. The first kappa shape index (κ1) is 27.2. The molecule has 2 aromatic rings. The number of carbonyl (C=O) groups excluding carboxylic acids is 3. The maximum atomic E-state index is 13.1. The van der Waals surface area contributed by atoms with Crippen LogP contribution in [0, 0.1) is 0 Å². The van der Waals surface area contributed by atoms with Crippen LogP contribution in [0.15, 0.2) is 42.1 Å². The Morgan fingerprint density at radius 1 is 1.14 bits per heavy atom. The van der Waals surface area contributed by atoms with E-state index in [2.05, 4.69) is 15.0 Å². The van der Waals surface area contributed by atoms with Gasteiger partial charge in [-0.3, -0.25) is 19.4 Å². The third-order valence-electron chi connectivity index (χ3n) is 6.31. The summed E-state index contributed by atoms with van der Waals surface area (Å²) in [6.07, 6.45) is 6.99. The normalized spacial score (nSPS) is 20.5. The lowest BCUT2D eigenvalue weighted by molar-refractivity contribution is -0.143. The number of likely N-dealkylation sites (tertiary alicyclic amines) is 2. The first-order chi connectivity index (χ1) is 17.7. The number of halogens is 1. The minimum Gasteiger partial charge on any atom is -0.350 e. The van der Waals surface area contributed by atoms with Crippen molar-refractivity contribution in [2.24, 2.45) is 0 Å². The van der Waals surface area contributed by atoms with E-state index < -0.39 is 22.0 Å². The Kier molecular flexibility index (Phi) is 8.95. The van der Waals surface area contributed by atoms with E-state index in [1.807, 2.05) is 0 Å². The smallest absolute Gasteiger partial charge is 0.251 e. The number of carbonyl (C=O) groups is 3. The van der Waals surface area contributed by atoms with Crippen LogP contribution >= 0.6 is 22.9 Å². The van der Waals surface area contributed by atoms with E-state index in [1.165, 1.54) is 22.3 Å². The molecule has 2 N–H and O–H groups in total. The molecule has 0 bridgehead atoms. The molecule has 0 aromatic carbocycles. The number of hydrogen-bond donors (Lipinski definition) is 2. The Hall–Kier alpha value is -2.80. The second-order valence-corrected chi connectivity index (χ2v) is 12.2. The van der Waals surface area contributed by atoms with E-state index in [0.29, 0.717) is 47.3 Å². The van der Waals surface area contributed by atoms with Crippen LogP contribution in [-0.2, 0) is 19.6 Å². The molecule has 2 fully saturated rings. The molecule has 4 heterocycles. The molecule has 2 aliphatic rings. The number of thiophene rings is 1. The van der Waals surface area contributed by atoms with Crippen LogP contribution in [0.5, 0.6) is 0 Å². The second kappa shape index (κ2) is 12.2. The van der Waals surface area contributed by atoms with Gasteiger partial charge in [0.1, 0.15) is 6.04 Å². The van der Waals surface area contributed by atoms with E-state index >= 15 is 0 Å². The van der Waals surface area contributed by atoms with Crippen molar-refractivity contribution in [1.82, 2.24) is 24.8 Å². The zero-order valence-electron chi connectivity index (χ0n) is 20.0. The summed E-state index contributed by atoms with van der Waals surface area (Å²) < 4.78 is 28.0. The number of piperidine rings is 1. The third kappa shape index (κ3) is 7.37. The standard InChI is InChI=1S/C24H28ClN5O5S2/c25-21-6-5-19(36-21)9-14-37(34,35)28-20-4-2-12-29(24(20)33)16-22(31)30-13-1-3-18(30)15-27-23(32)17-7-10-26-11-8-17/h5-11,14,18,20,28H,1-4,12-13,15-16H2,(H,27,32)/t18-,20+/m1/s1. The van der Waals surface area contributed by atoms with Crippen LogP contribution in [0.3, 0.4) is 0 Å². The predicted molar refractivity (Wildman–Crippen MR) is 141 cm³/mol. The molecule has 37 heavy (non-hydrogen) atoms. The molecule has 0 unspecified atom stereocenters. The van der Waals surface area contributed by atoms with Gasteiger partial charge in [0, 0.05) is 53.9 Å². The van der Waals surface area contributed by atoms with Crippen LogP contribution in [-0.4, -0.2) is 79.2 Å².